The van der Waals surface area contributed by atoms with Gasteiger partial charge in [0, 0.05) is 23.1 Å². The molecule has 0 saturated carbocycles. The third-order valence-corrected chi connectivity index (χ3v) is 3.46. The lowest BCUT2D eigenvalue weighted by molar-refractivity contribution is -0.128. The first-order chi connectivity index (χ1) is 11.0. The van der Waals surface area contributed by atoms with E-state index in [4.69, 9.17) is 13.6 Å². The molecule has 3 aromatic rings. The number of aryl methyl sites for hydroxylation is 2. The van der Waals surface area contributed by atoms with Crippen molar-refractivity contribution in [3.63, 3.8) is 0 Å². The number of rotatable bonds is 3. The van der Waals surface area contributed by atoms with Gasteiger partial charge in [-0.2, -0.15) is 0 Å². The molecule has 0 N–H and O–H groups in total. The van der Waals surface area contributed by atoms with E-state index in [1.165, 1.54) is 24.5 Å². The summed E-state index contributed by atoms with van der Waals surface area (Å²) in [5.41, 5.74) is 1.41. The molecule has 0 fully saturated rings. The van der Waals surface area contributed by atoms with Crippen LogP contribution in [-0.4, -0.2) is 5.97 Å². The second-order valence-corrected chi connectivity index (χ2v) is 5.08. The van der Waals surface area contributed by atoms with Crippen LogP contribution >= 0.6 is 0 Å². The number of carbonyl (C=O) groups is 1. The van der Waals surface area contributed by atoms with Crippen LogP contribution in [0.25, 0.3) is 17.0 Å². The van der Waals surface area contributed by atoms with Gasteiger partial charge in [-0.3, -0.25) is 0 Å². The van der Waals surface area contributed by atoms with Gasteiger partial charge in [-0.25, -0.2) is 9.59 Å². The van der Waals surface area contributed by atoms with Gasteiger partial charge >= 0.3 is 11.6 Å². The van der Waals surface area contributed by atoms with Gasteiger partial charge < -0.3 is 13.6 Å². The molecule has 5 nitrogen and oxygen atoms in total. The Hall–Kier alpha value is -3.08. The Bertz CT molecular complexity index is 945. The first kappa shape index (κ1) is 14.8. The second kappa shape index (κ2) is 5.96. The minimum absolute atomic E-state index is 0.348. The van der Waals surface area contributed by atoms with Crippen LogP contribution in [0, 0.1) is 13.8 Å². The van der Waals surface area contributed by atoms with Crippen molar-refractivity contribution in [2.75, 3.05) is 0 Å². The van der Waals surface area contributed by atoms with E-state index >= 15 is 0 Å². The molecule has 5 heteroatoms. The third kappa shape index (κ3) is 3.08. The van der Waals surface area contributed by atoms with Gasteiger partial charge in [0.25, 0.3) is 0 Å². The Kier molecular flexibility index (Phi) is 3.85. The van der Waals surface area contributed by atoms with Crippen LogP contribution in [0.15, 0.2) is 56.3 Å². The first-order valence-electron chi connectivity index (χ1n) is 7.02. The number of esters is 1. The summed E-state index contributed by atoms with van der Waals surface area (Å²) in [4.78, 5) is 23.4. The maximum atomic E-state index is 11.9. The molecule has 1 aromatic carbocycles. The SMILES string of the molecule is Cc1cc(=O)oc2c(C)c(OC(=O)/C=C/c3ccco3)ccc12. The van der Waals surface area contributed by atoms with E-state index in [1.54, 1.807) is 31.2 Å². The van der Waals surface area contributed by atoms with Gasteiger partial charge in [-0.05, 0) is 49.8 Å². The molecule has 0 amide bonds. The minimum Gasteiger partial charge on any atom is -0.465 e. The largest absolute Gasteiger partial charge is 0.465 e. The zero-order chi connectivity index (χ0) is 16.4. The highest BCUT2D eigenvalue weighted by molar-refractivity contribution is 5.90. The lowest BCUT2D eigenvalue weighted by Crippen LogP contribution is -2.06. The van der Waals surface area contributed by atoms with Crippen molar-refractivity contribution < 1.29 is 18.4 Å². The fourth-order valence-corrected chi connectivity index (χ4v) is 2.29. The lowest BCUT2D eigenvalue weighted by atomic mass is 10.1. The number of hydrogen-bond donors (Lipinski definition) is 0. The molecular formula is C18H14O5. The minimum atomic E-state index is -0.543. The maximum Gasteiger partial charge on any atom is 0.336 e. The van der Waals surface area contributed by atoms with Crippen LogP contribution in [0.3, 0.4) is 0 Å². The molecule has 2 heterocycles. The molecule has 0 spiro atoms. The number of benzene rings is 1. The van der Waals surface area contributed by atoms with Crippen LogP contribution < -0.4 is 10.4 Å². The molecule has 0 saturated heterocycles. The van der Waals surface area contributed by atoms with Gasteiger partial charge in [0.1, 0.15) is 17.1 Å². The molecule has 23 heavy (non-hydrogen) atoms. The second-order valence-electron chi connectivity index (χ2n) is 5.08. The highest BCUT2D eigenvalue weighted by Crippen LogP contribution is 2.28. The summed E-state index contributed by atoms with van der Waals surface area (Å²) < 4.78 is 15.6. The molecule has 0 aliphatic heterocycles. The quantitative estimate of drug-likeness (QED) is 0.320. The Morgan fingerprint density at radius 3 is 2.78 bits per heavy atom. The smallest absolute Gasteiger partial charge is 0.336 e. The molecule has 0 unspecified atom stereocenters. The standard InChI is InChI=1S/C18H14O5/c1-11-10-17(20)23-18-12(2)15(7-6-14(11)18)22-16(19)8-5-13-4-3-9-21-13/h3-10H,1-2H3/b8-5+. The van der Waals surface area contributed by atoms with Crippen molar-refractivity contribution in [3.8, 4) is 5.75 Å². The first-order valence-corrected chi connectivity index (χ1v) is 7.02. The summed E-state index contributed by atoms with van der Waals surface area (Å²) in [6.45, 7) is 3.57. The average molecular weight is 310 g/mol. The summed E-state index contributed by atoms with van der Waals surface area (Å²) in [7, 11) is 0. The molecule has 116 valence electrons. The maximum absolute atomic E-state index is 11.9. The Morgan fingerprint density at radius 2 is 2.04 bits per heavy atom. The Morgan fingerprint density at radius 1 is 1.22 bits per heavy atom. The number of ether oxygens (including phenoxy) is 1. The van der Waals surface area contributed by atoms with Crippen molar-refractivity contribution in [2.45, 2.75) is 13.8 Å². The molecule has 0 aliphatic carbocycles. The van der Waals surface area contributed by atoms with Crippen LogP contribution in [0.5, 0.6) is 5.75 Å². The number of fused-ring (bicyclic) bond motifs is 1. The lowest BCUT2D eigenvalue weighted by Gasteiger charge is -2.08. The highest BCUT2D eigenvalue weighted by atomic mass is 16.5. The zero-order valence-corrected chi connectivity index (χ0v) is 12.7. The zero-order valence-electron chi connectivity index (χ0n) is 12.7. The van der Waals surface area contributed by atoms with Gasteiger partial charge in [0.2, 0.25) is 0 Å². The summed E-state index contributed by atoms with van der Waals surface area (Å²) in [5, 5.41) is 0.813. The summed E-state index contributed by atoms with van der Waals surface area (Å²) >= 11 is 0. The van der Waals surface area contributed by atoms with Crippen molar-refractivity contribution in [2.24, 2.45) is 0 Å². The van der Waals surface area contributed by atoms with Gasteiger partial charge in [0.05, 0.1) is 6.26 Å². The van der Waals surface area contributed by atoms with E-state index in [0.29, 0.717) is 22.7 Å². The predicted molar refractivity (Wildman–Crippen MR) is 85.3 cm³/mol. The summed E-state index contributed by atoms with van der Waals surface area (Å²) in [6, 6.07) is 8.33. The molecule has 3 rings (SSSR count). The Labute approximate surface area is 131 Å². The van der Waals surface area contributed by atoms with Gasteiger partial charge in [-0.15, -0.1) is 0 Å². The monoisotopic (exact) mass is 310 g/mol. The van der Waals surface area contributed by atoms with Crippen molar-refractivity contribution >= 4 is 23.0 Å². The molecule has 0 radical (unpaired) electrons. The molecule has 0 atom stereocenters. The molecule has 0 bridgehead atoms. The van der Waals surface area contributed by atoms with E-state index in [1.807, 2.05) is 6.92 Å². The number of carbonyl (C=O) groups excluding carboxylic acids is 1. The number of furan rings is 1. The molecule has 0 aliphatic rings. The topological polar surface area (TPSA) is 69.7 Å². The summed E-state index contributed by atoms with van der Waals surface area (Å²) in [5.74, 6) is 0.359. The van der Waals surface area contributed by atoms with E-state index in [2.05, 4.69) is 0 Å². The number of hydrogen-bond acceptors (Lipinski definition) is 5. The van der Waals surface area contributed by atoms with Crippen LogP contribution in [0.4, 0.5) is 0 Å². The normalized spacial score (nSPS) is 11.2. The van der Waals surface area contributed by atoms with E-state index in [-0.39, 0.29) is 0 Å². The molecular weight excluding hydrogens is 296 g/mol. The fourth-order valence-electron chi connectivity index (χ4n) is 2.29. The van der Waals surface area contributed by atoms with Crippen LogP contribution in [0.2, 0.25) is 0 Å². The fraction of sp³-hybridized carbons (Fsp3) is 0.111. The summed E-state index contributed by atoms with van der Waals surface area (Å²) in [6.07, 6.45) is 4.31. The molecule has 2 aromatic heterocycles. The third-order valence-electron chi connectivity index (χ3n) is 3.46. The average Bonchev–Trinajstić information content (AvgIpc) is 3.02. The van der Waals surface area contributed by atoms with Gasteiger partial charge in [-0.1, -0.05) is 0 Å². The van der Waals surface area contributed by atoms with Crippen molar-refractivity contribution in [1.29, 1.82) is 0 Å². The van der Waals surface area contributed by atoms with Crippen LogP contribution in [0.1, 0.15) is 16.9 Å². The van der Waals surface area contributed by atoms with Crippen LogP contribution in [-0.2, 0) is 4.79 Å². The predicted octanol–water partition coefficient (Wildman–Crippen LogP) is 3.62. The van der Waals surface area contributed by atoms with Crippen molar-refractivity contribution in [3.05, 3.63) is 70.0 Å². The van der Waals surface area contributed by atoms with E-state index < -0.39 is 11.6 Å². The highest BCUT2D eigenvalue weighted by Gasteiger charge is 2.12. The van der Waals surface area contributed by atoms with Gasteiger partial charge in [0.15, 0.2) is 0 Å². The Balaban J connectivity index is 1.90. The van der Waals surface area contributed by atoms with Crippen molar-refractivity contribution in [1.82, 2.24) is 0 Å². The van der Waals surface area contributed by atoms with E-state index in [9.17, 15) is 9.59 Å². The van der Waals surface area contributed by atoms with E-state index in [0.717, 1.165) is 10.9 Å².